The van der Waals surface area contributed by atoms with Crippen LogP contribution in [0.25, 0.3) is 0 Å². The summed E-state index contributed by atoms with van der Waals surface area (Å²) in [6.45, 7) is -0.336. The molecule has 2 aromatic rings. The highest BCUT2D eigenvalue weighted by atomic mass is 35.5. The van der Waals surface area contributed by atoms with Crippen molar-refractivity contribution in [2.24, 2.45) is 0 Å². The molecular formula is C19H17Cl2NO3. The van der Waals surface area contributed by atoms with E-state index in [1.54, 1.807) is 0 Å². The van der Waals surface area contributed by atoms with Crippen molar-refractivity contribution < 1.29 is 14.3 Å². The van der Waals surface area contributed by atoms with Crippen molar-refractivity contribution in [3.05, 3.63) is 69.2 Å². The fourth-order valence-corrected chi connectivity index (χ4v) is 3.28. The third-order valence-corrected chi connectivity index (χ3v) is 4.93. The molecule has 2 aromatic carbocycles. The zero-order chi connectivity index (χ0) is 17.8. The summed E-state index contributed by atoms with van der Waals surface area (Å²) < 4.78 is 5.06. The number of halogens is 2. The van der Waals surface area contributed by atoms with Gasteiger partial charge in [-0.15, -0.1) is 0 Å². The highest BCUT2D eigenvalue weighted by Gasteiger charge is 2.22. The number of amides is 1. The van der Waals surface area contributed by atoms with Crippen LogP contribution in [0, 0.1) is 0 Å². The molecule has 0 unspecified atom stereocenters. The highest BCUT2D eigenvalue weighted by Crippen LogP contribution is 2.29. The normalized spacial score (nSPS) is 16.0. The Labute approximate surface area is 156 Å². The monoisotopic (exact) mass is 377 g/mol. The maximum Gasteiger partial charge on any atom is 0.338 e. The van der Waals surface area contributed by atoms with Crippen LogP contribution in [0.5, 0.6) is 0 Å². The second-order valence-electron chi connectivity index (χ2n) is 5.92. The van der Waals surface area contributed by atoms with Crippen LogP contribution < -0.4 is 5.32 Å². The Hall–Kier alpha value is -2.04. The van der Waals surface area contributed by atoms with Crippen LogP contribution in [0.4, 0.5) is 0 Å². The van der Waals surface area contributed by atoms with Crippen LogP contribution in [0.3, 0.4) is 0 Å². The van der Waals surface area contributed by atoms with E-state index >= 15 is 0 Å². The SMILES string of the molecule is O=C(COC(=O)c1ccc(Cl)c(Cl)c1)N[C@H]1CCCc2ccccc21. The number of carbonyl (C=O) groups is 2. The van der Waals surface area contributed by atoms with E-state index in [-0.39, 0.29) is 29.1 Å². The Morgan fingerprint density at radius 1 is 1.12 bits per heavy atom. The molecule has 6 heteroatoms. The molecule has 0 saturated carbocycles. The lowest BCUT2D eigenvalue weighted by Gasteiger charge is -2.26. The first-order valence-corrected chi connectivity index (χ1v) is 8.79. The van der Waals surface area contributed by atoms with E-state index in [2.05, 4.69) is 11.4 Å². The second-order valence-corrected chi connectivity index (χ2v) is 6.73. The minimum Gasteiger partial charge on any atom is -0.452 e. The third-order valence-electron chi connectivity index (χ3n) is 4.19. The molecule has 0 saturated heterocycles. The van der Waals surface area contributed by atoms with Crippen LogP contribution in [-0.4, -0.2) is 18.5 Å². The summed E-state index contributed by atoms with van der Waals surface area (Å²) in [4.78, 5) is 24.1. The first kappa shape index (κ1) is 17.8. The van der Waals surface area contributed by atoms with Crippen LogP contribution in [0.15, 0.2) is 42.5 Å². The molecule has 25 heavy (non-hydrogen) atoms. The number of nitrogens with one attached hydrogen (secondary N) is 1. The molecule has 1 N–H and O–H groups in total. The molecular weight excluding hydrogens is 361 g/mol. The topological polar surface area (TPSA) is 55.4 Å². The lowest BCUT2D eigenvalue weighted by Crippen LogP contribution is -2.34. The molecule has 0 radical (unpaired) electrons. The number of benzene rings is 2. The number of aryl methyl sites for hydroxylation is 1. The molecule has 0 heterocycles. The van der Waals surface area contributed by atoms with Crippen molar-refractivity contribution in [3.8, 4) is 0 Å². The maximum atomic E-state index is 12.1. The van der Waals surface area contributed by atoms with E-state index < -0.39 is 5.97 Å². The number of hydrogen-bond donors (Lipinski definition) is 1. The van der Waals surface area contributed by atoms with Gasteiger partial charge < -0.3 is 10.1 Å². The van der Waals surface area contributed by atoms with Gasteiger partial charge in [-0.2, -0.15) is 0 Å². The van der Waals surface area contributed by atoms with Gasteiger partial charge in [0, 0.05) is 0 Å². The summed E-state index contributed by atoms with van der Waals surface area (Å²) in [5.74, 6) is -0.937. The fraction of sp³-hybridized carbons (Fsp3) is 0.263. The van der Waals surface area contributed by atoms with E-state index in [1.807, 2.05) is 18.2 Å². The van der Waals surface area contributed by atoms with E-state index in [0.717, 1.165) is 24.8 Å². The highest BCUT2D eigenvalue weighted by molar-refractivity contribution is 6.42. The zero-order valence-corrected chi connectivity index (χ0v) is 14.9. The van der Waals surface area contributed by atoms with E-state index in [9.17, 15) is 9.59 Å². The molecule has 1 amide bonds. The Balaban J connectivity index is 1.57. The predicted octanol–water partition coefficient (Wildman–Crippen LogP) is 4.34. The summed E-state index contributed by atoms with van der Waals surface area (Å²) in [7, 11) is 0. The average molecular weight is 378 g/mol. The minimum atomic E-state index is -0.613. The van der Waals surface area contributed by atoms with E-state index in [0.29, 0.717) is 5.02 Å². The van der Waals surface area contributed by atoms with Crippen molar-refractivity contribution in [1.82, 2.24) is 5.32 Å². The Kier molecular flexibility index (Phi) is 5.61. The smallest absolute Gasteiger partial charge is 0.338 e. The van der Waals surface area contributed by atoms with Gasteiger partial charge in [0.1, 0.15) is 0 Å². The molecule has 1 atom stereocenters. The zero-order valence-electron chi connectivity index (χ0n) is 13.4. The summed E-state index contributed by atoms with van der Waals surface area (Å²) in [6, 6.07) is 12.5. The van der Waals surface area contributed by atoms with Crippen molar-refractivity contribution in [1.29, 1.82) is 0 Å². The largest absolute Gasteiger partial charge is 0.452 e. The van der Waals surface area contributed by atoms with E-state index in [1.165, 1.54) is 23.8 Å². The van der Waals surface area contributed by atoms with E-state index in [4.69, 9.17) is 27.9 Å². The van der Waals surface area contributed by atoms with Crippen LogP contribution in [0.2, 0.25) is 10.0 Å². The van der Waals surface area contributed by atoms with Crippen molar-refractivity contribution >= 4 is 35.1 Å². The lowest BCUT2D eigenvalue weighted by atomic mass is 9.88. The van der Waals surface area contributed by atoms with Crippen LogP contribution in [0.1, 0.15) is 40.4 Å². The molecule has 0 spiro atoms. The molecule has 1 aliphatic rings. The van der Waals surface area contributed by atoms with Gasteiger partial charge in [0.25, 0.3) is 5.91 Å². The summed E-state index contributed by atoms with van der Waals surface area (Å²) in [6.07, 6.45) is 2.92. The summed E-state index contributed by atoms with van der Waals surface area (Å²) in [5.41, 5.74) is 2.65. The van der Waals surface area contributed by atoms with Gasteiger partial charge in [0.2, 0.25) is 0 Å². The molecule has 130 valence electrons. The second kappa shape index (κ2) is 7.89. The molecule has 0 fully saturated rings. The number of carbonyl (C=O) groups excluding carboxylic acids is 2. The first-order chi connectivity index (χ1) is 12.0. The molecule has 0 aromatic heterocycles. The van der Waals surface area contributed by atoms with Gasteiger partial charge in [-0.3, -0.25) is 4.79 Å². The predicted molar refractivity (Wildman–Crippen MR) is 97.0 cm³/mol. The van der Waals surface area contributed by atoms with Gasteiger partial charge >= 0.3 is 5.97 Å². The van der Waals surface area contributed by atoms with Crippen LogP contribution in [-0.2, 0) is 16.0 Å². The molecule has 1 aliphatic carbocycles. The summed E-state index contributed by atoms with van der Waals surface area (Å²) in [5, 5.41) is 3.56. The average Bonchev–Trinajstić information content (AvgIpc) is 2.62. The van der Waals surface area contributed by atoms with Gasteiger partial charge in [0.05, 0.1) is 21.7 Å². The Morgan fingerprint density at radius 3 is 2.72 bits per heavy atom. The summed E-state index contributed by atoms with van der Waals surface area (Å²) >= 11 is 11.7. The number of ether oxygens (including phenoxy) is 1. The van der Waals surface area contributed by atoms with Crippen molar-refractivity contribution in [2.45, 2.75) is 25.3 Å². The number of rotatable bonds is 4. The quantitative estimate of drug-likeness (QED) is 0.806. The van der Waals surface area contributed by atoms with Crippen molar-refractivity contribution in [3.63, 3.8) is 0 Å². The first-order valence-electron chi connectivity index (χ1n) is 8.04. The van der Waals surface area contributed by atoms with Gasteiger partial charge in [0.15, 0.2) is 6.61 Å². The molecule has 3 rings (SSSR count). The minimum absolute atomic E-state index is 0.0406. The van der Waals surface area contributed by atoms with Gasteiger partial charge in [-0.05, 0) is 48.6 Å². The Bertz CT molecular complexity index is 807. The number of hydrogen-bond acceptors (Lipinski definition) is 3. The number of fused-ring (bicyclic) bond motifs is 1. The lowest BCUT2D eigenvalue weighted by molar-refractivity contribution is -0.125. The molecule has 0 aliphatic heterocycles. The van der Waals surface area contributed by atoms with Crippen molar-refractivity contribution in [2.75, 3.05) is 6.61 Å². The Morgan fingerprint density at radius 2 is 1.92 bits per heavy atom. The standard InChI is InChI=1S/C19H17Cl2NO3/c20-15-9-8-13(10-16(15)21)19(24)25-11-18(23)22-17-7-3-5-12-4-1-2-6-14(12)17/h1-2,4,6,8-10,17H,3,5,7,11H2,(H,22,23)/t17-/m0/s1. The molecule has 4 nitrogen and oxygen atoms in total. The maximum absolute atomic E-state index is 12.1. The van der Waals surface area contributed by atoms with Crippen LogP contribution >= 0.6 is 23.2 Å². The molecule has 0 bridgehead atoms. The third kappa shape index (κ3) is 4.33. The number of esters is 1. The van der Waals surface area contributed by atoms with Gasteiger partial charge in [-0.1, -0.05) is 47.5 Å². The fourth-order valence-electron chi connectivity index (χ4n) is 2.98. The van der Waals surface area contributed by atoms with Gasteiger partial charge in [-0.25, -0.2) is 4.79 Å².